The summed E-state index contributed by atoms with van der Waals surface area (Å²) in [6, 6.07) is 17.4. The van der Waals surface area contributed by atoms with Crippen LogP contribution in [0, 0.1) is 0 Å². The van der Waals surface area contributed by atoms with Crippen molar-refractivity contribution in [2.75, 3.05) is 32.8 Å². The standard InChI is InChI=1S/C22H24N4O2/c1-2-4-18(5-3-1)22-16-27-15-19-13-25(10-11-26(19)22)14-20-12-21(24-28-20)17-6-8-23-9-7-17/h1-9,12,19,22H,10-11,13-16H2/t19-,22-/m1/s1. The van der Waals surface area contributed by atoms with E-state index >= 15 is 0 Å². The third kappa shape index (κ3) is 3.58. The van der Waals surface area contributed by atoms with Crippen molar-refractivity contribution in [1.29, 1.82) is 0 Å². The van der Waals surface area contributed by atoms with Gasteiger partial charge in [0.2, 0.25) is 0 Å². The lowest BCUT2D eigenvalue weighted by Crippen LogP contribution is -2.58. The summed E-state index contributed by atoms with van der Waals surface area (Å²) in [5, 5.41) is 4.22. The van der Waals surface area contributed by atoms with Gasteiger partial charge in [0, 0.05) is 49.7 Å². The average molecular weight is 376 g/mol. The highest BCUT2D eigenvalue weighted by Gasteiger charge is 2.36. The van der Waals surface area contributed by atoms with Gasteiger partial charge in [-0.1, -0.05) is 35.5 Å². The van der Waals surface area contributed by atoms with Crippen LogP contribution in [0.1, 0.15) is 17.4 Å². The van der Waals surface area contributed by atoms with Gasteiger partial charge in [0.05, 0.1) is 25.8 Å². The Kier molecular flexibility index (Phi) is 4.91. The fourth-order valence-corrected chi connectivity index (χ4v) is 4.28. The monoisotopic (exact) mass is 376 g/mol. The maximum atomic E-state index is 5.96. The number of fused-ring (bicyclic) bond motifs is 1. The zero-order valence-electron chi connectivity index (χ0n) is 15.8. The Morgan fingerprint density at radius 3 is 2.71 bits per heavy atom. The summed E-state index contributed by atoms with van der Waals surface area (Å²) in [7, 11) is 0. The number of rotatable bonds is 4. The number of aromatic nitrogens is 2. The molecule has 2 aromatic heterocycles. The number of benzene rings is 1. The first-order valence-electron chi connectivity index (χ1n) is 9.83. The van der Waals surface area contributed by atoms with Gasteiger partial charge in [-0.05, 0) is 17.7 Å². The van der Waals surface area contributed by atoms with E-state index in [2.05, 4.69) is 50.3 Å². The van der Waals surface area contributed by atoms with Crippen LogP contribution < -0.4 is 0 Å². The Balaban J connectivity index is 1.25. The van der Waals surface area contributed by atoms with Crippen LogP contribution in [0.2, 0.25) is 0 Å². The summed E-state index contributed by atoms with van der Waals surface area (Å²) in [5.74, 6) is 0.900. The van der Waals surface area contributed by atoms with Crippen LogP contribution in [0.3, 0.4) is 0 Å². The van der Waals surface area contributed by atoms with Gasteiger partial charge >= 0.3 is 0 Å². The summed E-state index contributed by atoms with van der Waals surface area (Å²) in [4.78, 5) is 9.10. The lowest BCUT2D eigenvalue weighted by atomic mass is 10.00. The highest BCUT2D eigenvalue weighted by atomic mass is 16.5. The molecule has 0 unspecified atom stereocenters. The van der Waals surface area contributed by atoms with Gasteiger partial charge in [-0.15, -0.1) is 0 Å². The van der Waals surface area contributed by atoms with Crippen LogP contribution in [-0.2, 0) is 11.3 Å². The van der Waals surface area contributed by atoms with Crippen molar-refractivity contribution in [2.24, 2.45) is 0 Å². The topological polar surface area (TPSA) is 54.6 Å². The van der Waals surface area contributed by atoms with E-state index in [9.17, 15) is 0 Å². The zero-order valence-corrected chi connectivity index (χ0v) is 15.8. The summed E-state index contributed by atoms with van der Waals surface area (Å²) in [6.45, 7) is 5.38. The molecule has 5 rings (SSSR count). The van der Waals surface area contributed by atoms with Gasteiger partial charge in [0.15, 0.2) is 5.76 Å². The minimum absolute atomic E-state index is 0.352. The number of hydrogen-bond acceptors (Lipinski definition) is 6. The molecule has 1 aromatic carbocycles. The van der Waals surface area contributed by atoms with Crippen LogP contribution in [0.15, 0.2) is 65.4 Å². The van der Waals surface area contributed by atoms with Crippen molar-refractivity contribution in [3.05, 3.63) is 72.2 Å². The number of pyridine rings is 1. The van der Waals surface area contributed by atoms with E-state index in [0.29, 0.717) is 12.1 Å². The molecule has 2 saturated heterocycles. The van der Waals surface area contributed by atoms with Crippen LogP contribution >= 0.6 is 0 Å². The molecule has 144 valence electrons. The summed E-state index contributed by atoms with van der Waals surface area (Å²) < 4.78 is 11.5. The fourth-order valence-electron chi connectivity index (χ4n) is 4.28. The molecule has 0 bridgehead atoms. The van der Waals surface area contributed by atoms with E-state index in [0.717, 1.165) is 56.4 Å². The third-order valence-corrected chi connectivity index (χ3v) is 5.70. The Hall–Kier alpha value is -2.54. The zero-order chi connectivity index (χ0) is 18.8. The highest BCUT2D eigenvalue weighted by Crippen LogP contribution is 2.30. The molecule has 0 aliphatic carbocycles. The normalized spacial score (nSPS) is 23.4. The van der Waals surface area contributed by atoms with Gasteiger partial charge < -0.3 is 9.26 Å². The molecule has 0 amide bonds. The maximum Gasteiger partial charge on any atom is 0.151 e. The number of hydrogen-bond donors (Lipinski definition) is 0. The van der Waals surface area contributed by atoms with Crippen LogP contribution in [0.25, 0.3) is 11.3 Å². The Morgan fingerprint density at radius 2 is 1.86 bits per heavy atom. The number of ether oxygens (including phenoxy) is 1. The molecule has 2 fully saturated rings. The molecule has 6 heteroatoms. The predicted octanol–water partition coefficient (Wildman–Crippen LogP) is 2.99. The SMILES string of the molecule is c1ccc([C@H]2COC[C@H]3CN(Cc4cc(-c5ccncc5)no4)CCN32)cc1. The van der Waals surface area contributed by atoms with Gasteiger partial charge in [-0.25, -0.2) is 0 Å². The van der Waals surface area contributed by atoms with Crippen molar-refractivity contribution in [3.63, 3.8) is 0 Å². The molecule has 3 aromatic rings. The van der Waals surface area contributed by atoms with Crippen molar-refractivity contribution < 1.29 is 9.26 Å². The number of nitrogens with zero attached hydrogens (tertiary/aromatic N) is 4. The Morgan fingerprint density at radius 1 is 1.00 bits per heavy atom. The van der Waals surface area contributed by atoms with Gasteiger partial charge in [-0.3, -0.25) is 14.8 Å². The second kappa shape index (κ2) is 7.83. The highest BCUT2D eigenvalue weighted by molar-refractivity contribution is 5.57. The minimum Gasteiger partial charge on any atom is -0.378 e. The number of piperazine rings is 1. The van der Waals surface area contributed by atoms with E-state index in [1.165, 1.54) is 5.56 Å². The van der Waals surface area contributed by atoms with Gasteiger partial charge in [0.1, 0.15) is 5.69 Å². The van der Waals surface area contributed by atoms with E-state index in [4.69, 9.17) is 9.26 Å². The lowest BCUT2D eigenvalue weighted by Gasteiger charge is -2.48. The van der Waals surface area contributed by atoms with Crippen molar-refractivity contribution in [2.45, 2.75) is 18.6 Å². The molecule has 2 aliphatic rings. The van der Waals surface area contributed by atoms with Crippen LogP contribution in [0.5, 0.6) is 0 Å². The van der Waals surface area contributed by atoms with E-state index in [-0.39, 0.29) is 0 Å². The molecule has 0 radical (unpaired) electrons. The summed E-state index contributed by atoms with van der Waals surface area (Å²) >= 11 is 0. The van der Waals surface area contributed by atoms with Crippen LogP contribution in [-0.4, -0.2) is 58.8 Å². The van der Waals surface area contributed by atoms with Gasteiger partial charge in [-0.2, -0.15) is 0 Å². The quantitative estimate of drug-likeness (QED) is 0.698. The average Bonchev–Trinajstić information content (AvgIpc) is 3.23. The Bertz CT molecular complexity index is 899. The Labute approximate surface area is 164 Å². The minimum atomic E-state index is 0.352. The first kappa shape index (κ1) is 17.6. The number of morpholine rings is 1. The smallest absolute Gasteiger partial charge is 0.151 e. The molecule has 6 nitrogen and oxygen atoms in total. The molecule has 2 aliphatic heterocycles. The molecule has 28 heavy (non-hydrogen) atoms. The van der Waals surface area contributed by atoms with E-state index in [1.54, 1.807) is 12.4 Å². The summed E-state index contributed by atoms with van der Waals surface area (Å²) in [6.07, 6.45) is 3.55. The van der Waals surface area contributed by atoms with Crippen molar-refractivity contribution in [1.82, 2.24) is 19.9 Å². The molecule has 0 N–H and O–H groups in total. The molecule has 4 heterocycles. The maximum absolute atomic E-state index is 5.96. The second-order valence-electron chi connectivity index (χ2n) is 7.51. The second-order valence-corrected chi connectivity index (χ2v) is 7.51. The molecular weight excluding hydrogens is 352 g/mol. The van der Waals surface area contributed by atoms with Crippen molar-refractivity contribution >= 4 is 0 Å². The van der Waals surface area contributed by atoms with E-state index in [1.807, 2.05) is 18.2 Å². The molecule has 2 atom stereocenters. The molecule has 0 spiro atoms. The third-order valence-electron chi connectivity index (χ3n) is 5.70. The van der Waals surface area contributed by atoms with Crippen LogP contribution in [0.4, 0.5) is 0 Å². The van der Waals surface area contributed by atoms with Crippen molar-refractivity contribution in [3.8, 4) is 11.3 Å². The lowest BCUT2D eigenvalue weighted by molar-refractivity contribution is -0.0844. The van der Waals surface area contributed by atoms with Gasteiger partial charge in [0.25, 0.3) is 0 Å². The predicted molar refractivity (Wildman–Crippen MR) is 106 cm³/mol. The first-order valence-corrected chi connectivity index (χ1v) is 9.83. The molecular formula is C22H24N4O2. The molecule has 0 saturated carbocycles. The largest absolute Gasteiger partial charge is 0.378 e. The summed E-state index contributed by atoms with van der Waals surface area (Å²) in [5.41, 5.74) is 3.24. The fraction of sp³-hybridized carbons (Fsp3) is 0.364. The van der Waals surface area contributed by atoms with E-state index < -0.39 is 0 Å². The first-order chi connectivity index (χ1) is 13.9.